The number of aromatic carboxylic acids is 1. The lowest BCUT2D eigenvalue weighted by molar-refractivity contribution is 0.0660. The number of nitriles is 1. The third-order valence-corrected chi connectivity index (χ3v) is 3.14. The van der Waals surface area contributed by atoms with E-state index in [2.05, 4.69) is 18.2 Å². The lowest BCUT2D eigenvalue weighted by Crippen LogP contribution is -1.97. The molecule has 1 unspecified atom stereocenters. The highest BCUT2D eigenvalue weighted by molar-refractivity contribution is 5.84. The van der Waals surface area contributed by atoms with Gasteiger partial charge in [-0.05, 0) is 37.0 Å². The van der Waals surface area contributed by atoms with Crippen LogP contribution in [-0.2, 0) is 6.42 Å². The molecule has 20 heavy (non-hydrogen) atoms. The number of carboxylic acids is 1. The SMILES string of the molecule is N#CC(CCCc1ccccc1)c1ccc(C(=O)O)o1. The Kier molecular flexibility index (Phi) is 4.56. The highest BCUT2D eigenvalue weighted by Crippen LogP contribution is 2.23. The fraction of sp³-hybridized carbons (Fsp3) is 0.250. The van der Waals surface area contributed by atoms with E-state index in [-0.39, 0.29) is 5.76 Å². The van der Waals surface area contributed by atoms with E-state index in [1.807, 2.05) is 18.2 Å². The van der Waals surface area contributed by atoms with Gasteiger partial charge in [0.15, 0.2) is 0 Å². The summed E-state index contributed by atoms with van der Waals surface area (Å²) >= 11 is 0. The van der Waals surface area contributed by atoms with E-state index in [1.54, 1.807) is 6.07 Å². The van der Waals surface area contributed by atoms with E-state index in [0.717, 1.165) is 12.8 Å². The number of aryl methyl sites for hydroxylation is 1. The first-order valence-electron chi connectivity index (χ1n) is 6.47. The van der Waals surface area contributed by atoms with Crippen molar-refractivity contribution in [1.82, 2.24) is 0 Å². The third kappa shape index (κ3) is 3.48. The summed E-state index contributed by atoms with van der Waals surface area (Å²) < 4.78 is 5.18. The van der Waals surface area contributed by atoms with Gasteiger partial charge < -0.3 is 9.52 Å². The standard InChI is InChI=1S/C16H15NO3/c17-11-13(14-9-10-15(20-14)16(18)19)8-4-7-12-5-2-1-3-6-12/h1-3,5-6,9-10,13H,4,7-8H2,(H,18,19). The van der Waals surface area contributed by atoms with Crippen molar-refractivity contribution in [3.8, 4) is 6.07 Å². The molecule has 102 valence electrons. The molecule has 4 nitrogen and oxygen atoms in total. The summed E-state index contributed by atoms with van der Waals surface area (Å²) in [6, 6.07) is 15.2. The van der Waals surface area contributed by atoms with Gasteiger partial charge in [-0.2, -0.15) is 5.26 Å². The first-order chi connectivity index (χ1) is 9.70. The van der Waals surface area contributed by atoms with Crippen LogP contribution in [0.2, 0.25) is 0 Å². The van der Waals surface area contributed by atoms with Gasteiger partial charge >= 0.3 is 5.97 Å². The molecule has 0 saturated carbocycles. The van der Waals surface area contributed by atoms with Crippen LogP contribution in [-0.4, -0.2) is 11.1 Å². The average Bonchev–Trinajstić information content (AvgIpc) is 2.94. The normalized spacial score (nSPS) is 11.8. The molecule has 0 aliphatic carbocycles. The van der Waals surface area contributed by atoms with Crippen LogP contribution in [0, 0.1) is 11.3 Å². The molecule has 0 radical (unpaired) electrons. The average molecular weight is 269 g/mol. The fourth-order valence-electron chi connectivity index (χ4n) is 2.08. The summed E-state index contributed by atoms with van der Waals surface area (Å²) in [7, 11) is 0. The van der Waals surface area contributed by atoms with Crippen molar-refractivity contribution in [1.29, 1.82) is 5.26 Å². The van der Waals surface area contributed by atoms with Gasteiger partial charge in [0.05, 0.1) is 6.07 Å². The predicted molar refractivity (Wildman–Crippen MR) is 73.4 cm³/mol. The molecule has 0 aliphatic rings. The minimum absolute atomic E-state index is 0.122. The van der Waals surface area contributed by atoms with Gasteiger partial charge in [-0.25, -0.2) is 4.79 Å². The topological polar surface area (TPSA) is 74.2 Å². The van der Waals surface area contributed by atoms with Crippen molar-refractivity contribution < 1.29 is 14.3 Å². The summed E-state index contributed by atoms with van der Waals surface area (Å²) in [4.78, 5) is 10.7. The zero-order valence-corrected chi connectivity index (χ0v) is 11.0. The molecular weight excluding hydrogens is 254 g/mol. The lowest BCUT2D eigenvalue weighted by atomic mass is 9.99. The zero-order valence-electron chi connectivity index (χ0n) is 11.0. The minimum atomic E-state index is -1.11. The summed E-state index contributed by atoms with van der Waals surface area (Å²) in [5, 5.41) is 18.0. The number of benzene rings is 1. The maximum atomic E-state index is 10.7. The number of rotatable bonds is 6. The summed E-state index contributed by atoms with van der Waals surface area (Å²) in [6.45, 7) is 0. The van der Waals surface area contributed by atoms with Crippen LogP contribution in [0.3, 0.4) is 0 Å². The van der Waals surface area contributed by atoms with Crippen molar-refractivity contribution in [2.75, 3.05) is 0 Å². The zero-order chi connectivity index (χ0) is 14.4. The van der Waals surface area contributed by atoms with Crippen molar-refractivity contribution in [3.63, 3.8) is 0 Å². The quantitative estimate of drug-likeness (QED) is 0.869. The van der Waals surface area contributed by atoms with Crippen molar-refractivity contribution in [2.45, 2.75) is 25.2 Å². The maximum absolute atomic E-state index is 10.7. The second kappa shape index (κ2) is 6.58. The van der Waals surface area contributed by atoms with Crippen LogP contribution in [0.1, 0.15) is 40.6 Å². The van der Waals surface area contributed by atoms with Gasteiger partial charge in [-0.15, -0.1) is 0 Å². The van der Waals surface area contributed by atoms with E-state index in [4.69, 9.17) is 14.8 Å². The highest BCUT2D eigenvalue weighted by Gasteiger charge is 2.17. The van der Waals surface area contributed by atoms with Crippen LogP contribution < -0.4 is 0 Å². The van der Waals surface area contributed by atoms with E-state index < -0.39 is 11.9 Å². The van der Waals surface area contributed by atoms with Gasteiger partial charge in [0.25, 0.3) is 0 Å². The predicted octanol–water partition coefficient (Wildman–Crippen LogP) is 3.61. The summed E-state index contributed by atoms with van der Waals surface area (Å²) in [5.74, 6) is -1.20. The van der Waals surface area contributed by atoms with E-state index in [0.29, 0.717) is 12.2 Å². The summed E-state index contributed by atoms with van der Waals surface area (Å²) in [6.07, 6.45) is 2.40. The van der Waals surface area contributed by atoms with Crippen LogP contribution in [0.4, 0.5) is 0 Å². The minimum Gasteiger partial charge on any atom is -0.475 e. The largest absolute Gasteiger partial charge is 0.475 e. The lowest BCUT2D eigenvalue weighted by Gasteiger charge is -2.06. The second-order valence-electron chi connectivity index (χ2n) is 4.57. The van der Waals surface area contributed by atoms with Gasteiger partial charge in [-0.1, -0.05) is 30.3 Å². The molecular formula is C16H15NO3. The maximum Gasteiger partial charge on any atom is 0.371 e. The van der Waals surface area contributed by atoms with Crippen LogP contribution in [0.5, 0.6) is 0 Å². The van der Waals surface area contributed by atoms with Crippen LogP contribution in [0.15, 0.2) is 46.9 Å². The number of furan rings is 1. The summed E-state index contributed by atoms with van der Waals surface area (Å²) in [5.41, 5.74) is 1.23. The molecule has 1 N–H and O–H groups in total. The van der Waals surface area contributed by atoms with Crippen molar-refractivity contribution in [3.05, 3.63) is 59.5 Å². The first-order valence-corrected chi connectivity index (χ1v) is 6.47. The molecule has 1 atom stereocenters. The Morgan fingerprint density at radius 1 is 1.25 bits per heavy atom. The second-order valence-corrected chi connectivity index (χ2v) is 4.57. The number of hydrogen-bond acceptors (Lipinski definition) is 3. The monoisotopic (exact) mass is 269 g/mol. The number of carbonyl (C=O) groups is 1. The highest BCUT2D eigenvalue weighted by atomic mass is 16.4. The van der Waals surface area contributed by atoms with E-state index >= 15 is 0 Å². The van der Waals surface area contributed by atoms with Crippen LogP contribution in [0.25, 0.3) is 0 Å². The molecule has 0 amide bonds. The third-order valence-electron chi connectivity index (χ3n) is 3.14. The molecule has 4 heteroatoms. The molecule has 0 spiro atoms. The molecule has 0 fully saturated rings. The Balaban J connectivity index is 1.92. The smallest absolute Gasteiger partial charge is 0.371 e. The first kappa shape index (κ1) is 13.9. The number of carboxylic acid groups (broad SMARTS) is 1. The molecule has 0 aliphatic heterocycles. The van der Waals surface area contributed by atoms with E-state index in [1.165, 1.54) is 11.6 Å². The Morgan fingerprint density at radius 2 is 2.00 bits per heavy atom. The molecule has 2 aromatic rings. The number of hydrogen-bond donors (Lipinski definition) is 1. The Bertz CT molecular complexity index is 610. The number of nitrogens with zero attached hydrogens (tertiary/aromatic N) is 1. The van der Waals surface area contributed by atoms with Gasteiger partial charge in [0.2, 0.25) is 5.76 Å². The van der Waals surface area contributed by atoms with Crippen LogP contribution >= 0.6 is 0 Å². The van der Waals surface area contributed by atoms with Gasteiger partial charge in [0, 0.05) is 0 Å². The van der Waals surface area contributed by atoms with Gasteiger partial charge in [-0.3, -0.25) is 0 Å². The Hall–Kier alpha value is -2.54. The van der Waals surface area contributed by atoms with Gasteiger partial charge in [0.1, 0.15) is 11.7 Å². The molecule has 1 heterocycles. The Morgan fingerprint density at radius 3 is 2.60 bits per heavy atom. The van der Waals surface area contributed by atoms with Crippen molar-refractivity contribution >= 4 is 5.97 Å². The molecule has 1 aromatic carbocycles. The molecule has 0 saturated heterocycles. The Labute approximate surface area is 117 Å². The molecule has 2 rings (SSSR count). The van der Waals surface area contributed by atoms with E-state index in [9.17, 15) is 4.79 Å². The molecule has 1 aromatic heterocycles. The molecule has 0 bridgehead atoms. The fourth-order valence-corrected chi connectivity index (χ4v) is 2.08. The van der Waals surface area contributed by atoms with Crippen molar-refractivity contribution in [2.24, 2.45) is 0 Å².